The minimum Gasteiger partial charge on any atom is -0.456 e. The fourth-order valence-corrected chi connectivity index (χ4v) is 2.72. The first-order chi connectivity index (χ1) is 12.1. The molecule has 26 heavy (non-hydrogen) atoms. The van der Waals surface area contributed by atoms with Gasteiger partial charge < -0.3 is 15.0 Å². The zero-order valence-corrected chi connectivity index (χ0v) is 15.8. The number of nitrogens with one attached hydrogen (secondary N) is 2. The van der Waals surface area contributed by atoms with Gasteiger partial charge in [0.2, 0.25) is 15.9 Å². The van der Waals surface area contributed by atoms with Crippen molar-refractivity contribution in [1.82, 2.24) is 14.9 Å². The van der Waals surface area contributed by atoms with Gasteiger partial charge in [-0.1, -0.05) is 17.7 Å². The molecule has 10 heteroatoms. The fourth-order valence-electron chi connectivity index (χ4n) is 1.69. The second kappa shape index (κ2) is 9.88. The van der Waals surface area contributed by atoms with Crippen LogP contribution in [0.4, 0.5) is 0 Å². The van der Waals surface area contributed by atoms with Gasteiger partial charge in [-0.15, -0.1) is 0 Å². The molecule has 0 saturated carbocycles. The van der Waals surface area contributed by atoms with E-state index in [1.54, 1.807) is 26.2 Å². The van der Waals surface area contributed by atoms with Crippen molar-refractivity contribution >= 4 is 27.8 Å². The third-order valence-electron chi connectivity index (χ3n) is 3.25. The van der Waals surface area contributed by atoms with Gasteiger partial charge in [0.15, 0.2) is 6.61 Å². The van der Waals surface area contributed by atoms with Gasteiger partial charge in [0.1, 0.15) is 0 Å². The molecule has 144 valence electrons. The van der Waals surface area contributed by atoms with Crippen molar-refractivity contribution < 1.29 is 27.5 Å². The van der Waals surface area contributed by atoms with Gasteiger partial charge in [-0.25, -0.2) is 13.1 Å². The molecule has 0 bridgehead atoms. The lowest BCUT2D eigenvalue weighted by molar-refractivity contribution is -0.148. The summed E-state index contributed by atoms with van der Waals surface area (Å²) >= 11 is 0. The molecule has 2 N–H and O–H groups in total. The van der Waals surface area contributed by atoms with Crippen LogP contribution in [0.25, 0.3) is 0 Å². The summed E-state index contributed by atoms with van der Waals surface area (Å²) in [5.74, 6) is -1.64. The minimum atomic E-state index is -3.71. The average molecular weight is 385 g/mol. The maximum Gasteiger partial charge on any atom is 0.307 e. The van der Waals surface area contributed by atoms with Crippen LogP contribution in [-0.2, 0) is 29.1 Å². The summed E-state index contributed by atoms with van der Waals surface area (Å²) in [6.45, 7) is 0.951. The zero-order chi connectivity index (χ0) is 19.7. The van der Waals surface area contributed by atoms with E-state index in [1.165, 1.54) is 17.0 Å². The van der Waals surface area contributed by atoms with Gasteiger partial charge in [0.05, 0.1) is 17.9 Å². The second-order valence-corrected chi connectivity index (χ2v) is 7.45. The lowest BCUT2D eigenvalue weighted by Gasteiger charge is -2.11. The normalized spacial score (nSPS) is 10.9. The molecule has 0 radical (unpaired) electrons. The lowest BCUT2D eigenvalue weighted by atomic mass is 10.2. The van der Waals surface area contributed by atoms with E-state index < -0.39 is 28.5 Å². The number of aryl methyl sites for hydroxylation is 1. The van der Waals surface area contributed by atoms with Crippen LogP contribution < -0.4 is 10.0 Å². The molecule has 0 aromatic heterocycles. The highest BCUT2D eigenvalue weighted by molar-refractivity contribution is 7.89. The van der Waals surface area contributed by atoms with E-state index in [1.807, 2.05) is 6.92 Å². The number of esters is 1. The standard InChI is InChI=1S/C16H23N3O6S/c1-12-4-6-13(7-5-12)26(23,24)18-9-8-16(22)25-11-14(20)17-10-15(21)19(2)3/h4-7,18H,8-11H2,1-3H3,(H,17,20). The lowest BCUT2D eigenvalue weighted by Crippen LogP contribution is -2.38. The van der Waals surface area contributed by atoms with E-state index in [9.17, 15) is 22.8 Å². The maximum absolute atomic E-state index is 12.0. The molecule has 0 saturated heterocycles. The molecule has 0 spiro atoms. The number of sulfonamides is 1. The van der Waals surface area contributed by atoms with E-state index in [0.29, 0.717) is 0 Å². The van der Waals surface area contributed by atoms with Gasteiger partial charge in [0.25, 0.3) is 5.91 Å². The molecular weight excluding hydrogens is 362 g/mol. The van der Waals surface area contributed by atoms with Crippen molar-refractivity contribution in [3.63, 3.8) is 0 Å². The SMILES string of the molecule is Cc1ccc(S(=O)(=O)NCCC(=O)OCC(=O)NCC(=O)N(C)C)cc1. The van der Waals surface area contributed by atoms with Crippen LogP contribution in [0.3, 0.4) is 0 Å². The Balaban J connectivity index is 2.31. The Morgan fingerprint density at radius 3 is 2.31 bits per heavy atom. The number of carbonyl (C=O) groups is 3. The molecule has 0 heterocycles. The largest absolute Gasteiger partial charge is 0.456 e. The van der Waals surface area contributed by atoms with Crippen molar-refractivity contribution in [2.24, 2.45) is 0 Å². The summed E-state index contributed by atoms with van der Waals surface area (Å²) in [5.41, 5.74) is 0.929. The van der Waals surface area contributed by atoms with Crippen LogP contribution in [0.5, 0.6) is 0 Å². The topological polar surface area (TPSA) is 122 Å². The van der Waals surface area contributed by atoms with Crippen LogP contribution in [0.2, 0.25) is 0 Å². The number of hydrogen-bond donors (Lipinski definition) is 2. The van der Waals surface area contributed by atoms with E-state index in [-0.39, 0.29) is 30.3 Å². The summed E-state index contributed by atoms with van der Waals surface area (Å²) < 4.78 is 31.1. The van der Waals surface area contributed by atoms with E-state index in [4.69, 9.17) is 4.74 Å². The Morgan fingerprint density at radius 2 is 1.73 bits per heavy atom. The predicted molar refractivity (Wildman–Crippen MR) is 93.6 cm³/mol. The minimum absolute atomic E-state index is 0.0985. The van der Waals surface area contributed by atoms with Crippen molar-refractivity contribution in [1.29, 1.82) is 0 Å². The summed E-state index contributed by atoms with van der Waals surface area (Å²) in [5, 5.41) is 2.31. The van der Waals surface area contributed by atoms with Crippen molar-refractivity contribution in [2.45, 2.75) is 18.2 Å². The Labute approximate surface area is 152 Å². The Bertz CT molecular complexity index is 744. The van der Waals surface area contributed by atoms with Gasteiger partial charge in [-0.2, -0.15) is 0 Å². The molecule has 0 aliphatic rings. The number of carbonyl (C=O) groups excluding carboxylic acids is 3. The third kappa shape index (κ3) is 7.62. The zero-order valence-electron chi connectivity index (χ0n) is 14.9. The van der Waals surface area contributed by atoms with E-state index in [0.717, 1.165) is 5.56 Å². The molecule has 2 amide bonds. The molecule has 1 aromatic carbocycles. The number of rotatable bonds is 9. The second-order valence-electron chi connectivity index (χ2n) is 5.69. The monoisotopic (exact) mass is 385 g/mol. The van der Waals surface area contributed by atoms with E-state index >= 15 is 0 Å². The fraction of sp³-hybridized carbons (Fsp3) is 0.438. The Morgan fingerprint density at radius 1 is 1.12 bits per heavy atom. The number of hydrogen-bond acceptors (Lipinski definition) is 6. The van der Waals surface area contributed by atoms with Crippen LogP contribution in [0.1, 0.15) is 12.0 Å². The van der Waals surface area contributed by atoms with Crippen molar-refractivity contribution in [2.75, 3.05) is 33.8 Å². The van der Waals surface area contributed by atoms with Gasteiger partial charge in [-0.05, 0) is 19.1 Å². The molecule has 1 aromatic rings. The molecule has 0 fully saturated rings. The Kier molecular flexibility index (Phi) is 8.20. The smallest absolute Gasteiger partial charge is 0.307 e. The number of ether oxygens (including phenoxy) is 1. The van der Waals surface area contributed by atoms with Gasteiger partial charge in [-0.3, -0.25) is 14.4 Å². The summed E-state index contributed by atoms with van der Waals surface area (Å²) in [4.78, 5) is 35.7. The highest BCUT2D eigenvalue weighted by Crippen LogP contribution is 2.09. The van der Waals surface area contributed by atoms with Crippen LogP contribution in [0.15, 0.2) is 29.2 Å². The molecule has 0 aliphatic heterocycles. The Hall–Kier alpha value is -2.46. The van der Waals surface area contributed by atoms with Crippen molar-refractivity contribution in [3.05, 3.63) is 29.8 Å². The van der Waals surface area contributed by atoms with Crippen LogP contribution in [-0.4, -0.2) is 64.9 Å². The summed E-state index contributed by atoms with van der Waals surface area (Å²) in [6, 6.07) is 6.27. The van der Waals surface area contributed by atoms with Crippen LogP contribution >= 0.6 is 0 Å². The summed E-state index contributed by atoms with van der Waals surface area (Å²) in [7, 11) is -0.614. The van der Waals surface area contributed by atoms with Crippen molar-refractivity contribution in [3.8, 4) is 0 Å². The molecule has 0 aliphatic carbocycles. The first-order valence-electron chi connectivity index (χ1n) is 7.80. The third-order valence-corrected chi connectivity index (χ3v) is 4.73. The number of benzene rings is 1. The first-order valence-corrected chi connectivity index (χ1v) is 9.29. The highest BCUT2D eigenvalue weighted by atomic mass is 32.2. The number of likely N-dealkylation sites (N-methyl/N-ethyl adjacent to an activating group) is 1. The molecule has 1 rings (SSSR count). The summed E-state index contributed by atoms with van der Waals surface area (Å²) in [6.07, 6.45) is -0.227. The highest BCUT2D eigenvalue weighted by Gasteiger charge is 2.15. The molecule has 9 nitrogen and oxygen atoms in total. The first kappa shape index (κ1) is 21.6. The van der Waals surface area contributed by atoms with Gasteiger partial charge >= 0.3 is 5.97 Å². The molecular formula is C16H23N3O6S. The predicted octanol–water partition coefficient (Wildman–Crippen LogP) is -0.589. The number of nitrogens with zero attached hydrogens (tertiary/aromatic N) is 1. The quantitative estimate of drug-likeness (QED) is 0.548. The van der Waals surface area contributed by atoms with E-state index in [2.05, 4.69) is 10.0 Å². The maximum atomic E-state index is 12.0. The number of amides is 2. The van der Waals surface area contributed by atoms with Gasteiger partial charge in [0, 0.05) is 20.6 Å². The molecule has 0 unspecified atom stereocenters. The average Bonchev–Trinajstić information content (AvgIpc) is 2.57. The van der Waals surface area contributed by atoms with Crippen LogP contribution in [0, 0.1) is 6.92 Å². The molecule has 0 atom stereocenters.